The van der Waals surface area contributed by atoms with Crippen molar-refractivity contribution in [2.75, 3.05) is 27.9 Å². The molecule has 7 nitrogen and oxygen atoms in total. The van der Waals surface area contributed by atoms with Crippen molar-refractivity contribution >= 4 is 17.9 Å². The molecule has 0 N–H and O–H groups in total. The summed E-state index contributed by atoms with van der Waals surface area (Å²) < 4.78 is 19.6. The number of hydrogen-bond donors (Lipinski definition) is 0. The number of rotatable bonds is 11. The molecule has 0 saturated carbocycles. The minimum Gasteiger partial charge on any atom is -0.469 e. The largest absolute Gasteiger partial charge is 0.469 e. The Morgan fingerprint density at radius 1 is 0.857 bits per heavy atom. The van der Waals surface area contributed by atoms with Crippen molar-refractivity contribution in [3.05, 3.63) is 59.2 Å². The molecule has 7 heteroatoms. The predicted molar refractivity (Wildman–Crippen MR) is 102 cm³/mol. The van der Waals surface area contributed by atoms with Gasteiger partial charge in [-0.3, -0.25) is 4.79 Å². The zero-order valence-corrected chi connectivity index (χ0v) is 16.4. The Kier molecular flexibility index (Phi) is 11.0. The van der Waals surface area contributed by atoms with E-state index in [0.29, 0.717) is 19.6 Å². The van der Waals surface area contributed by atoms with Gasteiger partial charge in [-0.15, -0.1) is 0 Å². The quantitative estimate of drug-likeness (QED) is 0.189. The molecule has 0 radical (unpaired) electrons. The van der Waals surface area contributed by atoms with Crippen molar-refractivity contribution in [3.63, 3.8) is 0 Å². The fraction of sp³-hybridized carbons (Fsp3) is 0.381. The highest BCUT2D eigenvalue weighted by Crippen LogP contribution is 2.18. The van der Waals surface area contributed by atoms with Crippen LogP contribution in [0.15, 0.2) is 53.6 Å². The molecule has 1 rings (SSSR count). The Morgan fingerprint density at radius 2 is 1.50 bits per heavy atom. The molecule has 1 aromatic rings. The first kappa shape index (κ1) is 23.1. The van der Waals surface area contributed by atoms with Crippen LogP contribution >= 0.6 is 0 Å². The van der Waals surface area contributed by atoms with Gasteiger partial charge in [0.25, 0.3) is 0 Å². The molecule has 0 amide bonds. The molecule has 0 atom stereocenters. The van der Waals surface area contributed by atoms with Gasteiger partial charge in [-0.1, -0.05) is 42.5 Å². The molecule has 0 aromatic heterocycles. The summed E-state index contributed by atoms with van der Waals surface area (Å²) in [5, 5.41) is 0. The van der Waals surface area contributed by atoms with Crippen LogP contribution in [0.2, 0.25) is 0 Å². The summed E-state index contributed by atoms with van der Waals surface area (Å²) >= 11 is 0. The highest BCUT2D eigenvalue weighted by Gasteiger charge is 2.24. The van der Waals surface area contributed by atoms with Gasteiger partial charge in [-0.25, -0.2) is 9.59 Å². The van der Waals surface area contributed by atoms with E-state index in [1.807, 2.05) is 36.4 Å². The van der Waals surface area contributed by atoms with E-state index < -0.39 is 17.9 Å². The Balaban J connectivity index is 2.68. The summed E-state index contributed by atoms with van der Waals surface area (Å²) in [6.45, 7) is 1.03. The Labute approximate surface area is 164 Å². The maximum absolute atomic E-state index is 12.1. The van der Waals surface area contributed by atoms with Gasteiger partial charge in [0.05, 0.1) is 52.1 Å². The second kappa shape index (κ2) is 13.3. The molecule has 0 unspecified atom stereocenters. The van der Waals surface area contributed by atoms with Crippen LogP contribution in [0.4, 0.5) is 0 Å². The monoisotopic (exact) mass is 390 g/mol. The minimum atomic E-state index is -0.773. The van der Waals surface area contributed by atoms with Crippen LogP contribution in [0.25, 0.3) is 0 Å². The molecule has 152 valence electrons. The van der Waals surface area contributed by atoms with Crippen LogP contribution in [0.5, 0.6) is 0 Å². The van der Waals surface area contributed by atoms with Crippen LogP contribution in [0.1, 0.15) is 24.8 Å². The van der Waals surface area contributed by atoms with Gasteiger partial charge in [0, 0.05) is 0 Å². The van der Waals surface area contributed by atoms with E-state index in [4.69, 9.17) is 9.47 Å². The lowest BCUT2D eigenvalue weighted by molar-refractivity contribution is -0.143. The molecule has 0 aliphatic carbocycles. The Hall–Kier alpha value is -2.93. The lowest BCUT2D eigenvalue weighted by Crippen LogP contribution is -2.18. The first-order valence-corrected chi connectivity index (χ1v) is 8.75. The van der Waals surface area contributed by atoms with Crippen molar-refractivity contribution in [1.29, 1.82) is 0 Å². The van der Waals surface area contributed by atoms with E-state index in [0.717, 1.165) is 5.56 Å². The summed E-state index contributed by atoms with van der Waals surface area (Å²) in [4.78, 5) is 35.6. The van der Waals surface area contributed by atoms with Crippen molar-refractivity contribution < 1.29 is 33.3 Å². The van der Waals surface area contributed by atoms with Gasteiger partial charge >= 0.3 is 17.9 Å². The van der Waals surface area contributed by atoms with Crippen molar-refractivity contribution in [3.8, 4) is 0 Å². The highest BCUT2D eigenvalue weighted by molar-refractivity contribution is 6.03. The Morgan fingerprint density at radius 3 is 2.11 bits per heavy atom. The molecule has 28 heavy (non-hydrogen) atoms. The standard InChI is InChI=1S/C21H26O7/c1-25-19(22)14-18(21(24)27-3)17(20(23)26-2)12-8-5-9-13-28-15-16-10-6-4-7-11-16/h4-8,10-11H,9,12-15H2,1-3H3/b8-5-,18-17-. The highest BCUT2D eigenvalue weighted by atomic mass is 16.5. The van der Waals surface area contributed by atoms with Crippen LogP contribution in [0, 0.1) is 0 Å². The molecule has 0 aliphatic rings. The summed E-state index contributed by atoms with van der Waals surface area (Å²) in [5.74, 6) is -2.13. The maximum atomic E-state index is 12.1. The number of benzene rings is 1. The molecule has 0 bridgehead atoms. The summed E-state index contributed by atoms with van der Waals surface area (Å²) in [5.41, 5.74) is 1.07. The predicted octanol–water partition coefficient (Wildman–Crippen LogP) is 2.75. The zero-order chi connectivity index (χ0) is 20.8. The van der Waals surface area contributed by atoms with Crippen LogP contribution in [-0.4, -0.2) is 45.8 Å². The Bertz CT molecular complexity index is 705. The lowest BCUT2D eigenvalue weighted by Gasteiger charge is -2.10. The third kappa shape index (κ3) is 8.18. The third-order valence-electron chi connectivity index (χ3n) is 3.81. The molecule has 0 fully saturated rings. The number of hydrogen-bond acceptors (Lipinski definition) is 7. The van der Waals surface area contributed by atoms with E-state index in [9.17, 15) is 14.4 Å². The third-order valence-corrected chi connectivity index (χ3v) is 3.81. The van der Waals surface area contributed by atoms with Gasteiger partial charge in [-0.05, 0) is 18.4 Å². The number of esters is 3. The minimum absolute atomic E-state index is 0.0567. The van der Waals surface area contributed by atoms with Crippen molar-refractivity contribution in [2.24, 2.45) is 0 Å². The number of allylic oxidation sites excluding steroid dienone is 1. The first-order valence-electron chi connectivity index (χ1n) is 8.75. The van der Waals surface area contributed by atoms with E-state index >= 15 is 0 Å². The van der Waals surface area contributed by atoms with Crippen LogP contribution in [-0.2, 0) is 39.9 Å². The smallest absolute Gasteiger partial charge is 0.334 e. The van der Waals surface area contributed by atoms with Gasteiger partial charge in [0.2, 0.25) is 0 Å². The summed E-state index contributed by atoms with van der Waals surface area (Å²) in [6, 6.07) is 9.82. The maximum Gasteiger partial charge on any atom is 0.334 e. The van der Waals surface area contributed by atoms with Crippen LogP contribution < -0.4 is 0 Å². The fourth-order valence-corrected chi connectivity index (χ4v) is 2.33. The van der Waals surface area contributed by atoms with Gasteiger partial charge in [0.15, 0.2) is 0 Å². The number of methoxy groups -OCH3 is 3. The SMILES string of the molecule is COC(=O)C/C(C(=O)OC)=C(\C/C=C\CCOCc1ccccc1)C(=O)OC. The molecule has 0 heterocycles. The van der Waals surface area contributed by atoms with Crippen molar-refractivity contribution in [2.45, 2.75) is 25.9 Å². The second-order valence-corrected chi connectivity index (χ2v) is 5.70. The van der Waals surface area contributed by atoms with Gasteiger partial charge in [0.1, 0.15) is 0 Å². The van der Waals surface area contributed by atoms with Crippen LogP contribution in [0.3, 0.4) is 0 Å². The summed E-state index contributed by atoms with van der Waals surface area (Å²) in [6.07, 6.45) is 3.93. The topological polar surface area (TPSA) is 88.1 Å². The van der Waals surface area contributed by atoms with Gasteiger partial charge in [-0.2, -0.15) is 0 Å². The van der Waals surface area contributed by atoms with E-state index in [1.54, 1.807) is 6.08 Å². The van der Waals surface area contributed by atoms with E-state index in [-0.39, 0.29) is 24.0 Å². The molecular weight excluding hydrogens is 364 g/mol. The lowest BCUT2D eigenvalue weighted by atomic mass is 10.0. The zero-order valence-electron chi connectivity index (χ0n) is 16.4. The average Bonchev–Trinajstić information content (AvgIpc) is 2.73. The number of ether oxygens (including phenoxy) is 4. The number of carbonyl (C=O) groups is 3. The summed E-state index contributed by atoms with van der Waals surface area (Å²) in [7, 11) is 3.58. The van der Waals surface area contributed by atoms with Crippen molar-refractivity contribution in [1.82, 2.24) is 0 Å². The second-order valence-electron chi connectivity index (χ2n) is 5.70. The normalized spacial score (nSPS) is 11.7. The fourth-order valence-electron chi connectivity index (χ4n) is 2.33. The molecule has 1 aromatic carbocycles. The molecule has 0 spiro atoms. The van der Waals surface area contributed by atoms with E-state index in [1.165, 1.54) is 21.3 Å². The number of carbonyl (C=O) groups excluding carboxylic acids is 3. The van der Waals surface area contributed by atoms with E-state index in [2.05, 4.69) is 9.47 Å². The molecule has 0 aliphatic heterocycles. The molecule has 0 saturated heterocycles. The van der Waals surface area contributed by atoms with Gasteiger partial charge < -0.3 is 18.9 Å². The first-order chi connectivity index (χ1) is 13.5. The molecular formula is C21H26O7. The average molecular weight is 390 g/mol.